The van der Waals surface area contributed by atoms with Crippen molar-refractivity contribution in [2.45, 2.75) is 25.8 Å². The number of nitrogens with zero attached hydrogens (tertiary/aromatic N) is 5. The highest BCUT2D eigenvalue weighted by Gasteiger charge is 2.37. The molecule has 1 aromatic heterocycles. The van der Waals surface area contributed by atoms with Crippen LogP contribution >= 0.6 is 23.2 Å². The largest absolute Gasteiger partial charge is 0.395 e. The summed E-state index contributed by atoms with van der Waals surface area (Å²) in [6.07, 6.45) is 4.01. The number of hydrogen-bond donors (Lipinski definition) is 2. The van der Waals surface area contributed by atoms with Crippen molar-refractivity contribution in [1.29, 1.82) is 5.26 Å². The molecule has 3 heterocycles. The van der Waals surface area contributed by atoms with E-state index in [1.54, 1.807) is 18.3 Å². The molecule has 1 unspecified atom stereocenters. The molecule has 0 amide bonds. The zero-order valence-electron chi connectivity index (χ0n) is 18.1. The molecule has 2 aromatic rings. The van der Waals surface area contributed by atoms with Crippen molar-refractivity contribution in [3.05, 3.63) is 45.6 Å². The minimum Gasteiger partial charge on any atom is -0.395 e. The second-order valence-electron chi connectivity index (χ2n) is 8.67. The average molecular weight is 475 g/mol. The molecule has 0 radical (unpaired) electrons. The van der Waals surface area contributed by atoms with Crippen molar-refractivity contribution in [2.75, 3.05) is 49.5 Å². The van der Waals surface area contributed by atoms with Gasteiger partial charge in [-0.25, -0.2) is 4.98 Å². The highest BCUT2D eigenvalue weighted by molar-refractivity contribution is 6.35. The third-order valence-corrected chi connectivity index (χ3v) is 7.06. The molecule has 2 atom stereocenters. The van der Waals surface area contributed by atoms with Crippen molar-refractivity contribution in [1.82, 2.24) is 14.9 Å². The van der Waals surface area contributed by atoms with Gasteiger partial charge in [0.05, 0.1) is 18.8 Å². The molecule has 2 aliphatic rings. The molecule has 9 heteroatoms. The quantitative estimate of drug-likeness (QED) is 0.627. The predicted molar refractivity (Wildman–Crippen MR) is 127 cm³/mol. The van der Waals surface area contributed by atoms with E-state index in [1.807, 2.05) is 13.0 Å². The molecular formula is C23H28Cl2N6O. The van der Waals surface area contributed by atoms with E-state index in [-0.39, 0.29) is 12.6 Å². The lowest BCUT2D eigenvalue weighted by atomic mass is 9.81. The van der Waals surface area contributed by atoms with Crippen LogP contribution < -0.4 is 10.2 Å². The second kappa shape index (κ2) is 10.2. The van der Waals surface area contributed by atoms with Crippen molar-refractivity contribution in [3.8, 4) is 6.07 Å². The first-order valence-electron chi connectivity index (χ1n) is 11.0. The number of likely N-dealkylation sites (tertiary alicyclic amines) is 1. The molecule has 0 spiro atoms. The van der Waals surface area contributed by atoms with Gasteiger partial charge < -0.3 is 20.2 Å². The zero-order valence-corrected chi connectivity index (χ0v) is 19.6. The summed E-state index contributed by atoms with van der Waals surface area (Å²) >= 11 is 12.4. The van der Waals surface area contributed by atoms with E-state index < -0.39 is 0 Å². The van der Waals surface area contributed by atoms with Crippen LogP contribution in [0.15, 0.2) is 24.4 Å². The van der Waals surface area contributed by atoms with Crippen molar-refractivity contribution < 1.29 is 5.11 Å². The van der Waals surface area contributed by atoms with Gasteiger partial charge in [-0.05, 0) is 55.8 Å². The fourth-order valence-electron chi connectivity index (χ4n) is 4.65. The van der Waals surface area contributed by atoms with Gasteiger partial charge in [-0.2, -0.15) is 10.2 Å². The highest BCUT2D eigenvalue weighted by Crippen LogP contribution is 2.34. The van der Waals surface area contributed by atoms with Gasteiger partial charge in [-0.1, -0.05) is 29.3 Å². The lowest BCUT2D eigenvalue weighted by Crippen LogP contribution is -2.54. The van der Waals surface area contributed by atoms with Gasteiger partial charge in [0.1, 0.15) is 17.5 Å². The van der Waals surface area contributed by atoms with E-state index in [1.165, 1.54) is 12.8 Å². The highest BCUT2D eigenvalue weighted by atomic mass is 35.5. The summed E-state index contributed by atoms with van der Waals surface area (Å²) in [4.78, 5) is 13.6. The Kier molecular flexibility index (Phi) is 7.37. The number of nitrogens with one attached hydrogen (secondary N) is 1. The molecule has 32 heavy (non-hydrogen) atoms. The number of piperidine rings is 1. The molecule has 0 aliphatic carbocycles. The number of nitriles is 1. The fraction of sp³-hybridized carbons (Fsp3) is 0.522. The molecule has 2 fully saturated rings. The van der Waals surface area contributed by atoms with Gasteiger partial charge >= 0.3 is 0 Å². The number of β-amino-alcohol motifs (C(OH)–C–C–N with tert-alkyl or cyclic N) is 1. The summed E-state index contributed by atoms with van der Waals surface area (Å²) in [5, 5.41) is 23.2. The van der Waals surface area contributed by atoms with Crippen LogP contribution in [0.1, 0.15) is 36.9 Å². The van der Waals surface area contributed by atoms with Gasteiger partial charge in [0.15, 0.2) is 0 Å². The van der Waals surface area contributed by atoms with E-state index in [0.29, 0.717) is 39.2 Å². The Morgan fingerprint density at radius 3 is 2.81 bits per heavy atom. The molecule has 7 nitrogen and oxygen atoms in total. The van der Waals surface area contributed by atoms with Crippen LogP contribution in [0.25, 0.3) is 0 Å². The molecule has 4 rings (SSSR count). The van der Waals surface area contributed by atoms with Crippen LogP contribution in [0.2, 0.25) is 10.0 Å². The fourth-order valence-corrected chi connectivity index (χ4v) is 5.22. The van der Waals surface area contributed by atoms with Crippen LogP contribution in [0.5, 0.6) is 0 Å². The van der Waals surface area contributed by atoms with Gasteiger partial charge in [-0.15, -0.1) is 0 Å². The summed E-state index contributed by atoms with van der Waals surface area (Å²) in [6, 6.07) is 7.40. The first-order chi connectivity index (χ1) is 15.5. The Labute approximate surface area is 199 Å². The topological polar surface area (TPSA) is 88.3 Å². The Hall–Kier alpha value is -2.11. The monoisotopic (exact) mass is 474 g/mol. The first kappa shape index (κ1) is 23.1. The van der Waals surface area contributed by atoms with Crippen LogP contribution in [0.4, 0.5) is 11.8 Å². The number of aliphatic hydroxyl groups excluding tert-OH is 1. The second-order valence-corrected chi connectivity index (χ2v) is 9.51. The zero-order chi connectivity index (χ0) is 22.7. The summed E-state index contributed by atoms with van der Waals surface area (Å²) in [5.74, 6) is 2.40. The molecule has 2 N–H and O–H groups in total. The molecule has 1 aromatic carbocycles. The minimum atomic E-state index is -0.154. The SMILES string of the molecule is C[C@@H](Nc1nc(N2CC(C3CCCN(CCO)C3)C2)ncc1C#N)c1ccc(Cl)cc1Cl. The minimum absolute atomic E-state index is 0.154. The normalized spacial score (nSPS) is 20.5. The van der Waals surface area contributed by atoms with Gasteiger partial charge in [0, 0.05) is 36.2 Å². The number of halogens is 2. The van der Waals surface area contributed by atoms with Crippen LogP contribution in [0, 0.1) is 23.2 Å². The van der Waals surface area contributed by atoms with Gasteiger partial charge in [0.25, 0.3) is 0 Å². The standard InChI is InChI=1S/C23H28Cl2N6O/c1-15(20-5-4-19(24)9-21(20)25)28-22-17(10-26)11-27-23(29-22)31-13-18(14-31)16-3-2-6-30(12-16)7-8-32/h4-5,9,11,15-16,18,32H,2-3,6-8,12-14H2,1H3,(H,27,28,29)/t15-,16?/m1/s1. The van der Waals surface area contributed by atoms with E-state index in [0.717, 1.165) is 38.3 Å². The number of aromatic nitrogens is 2. The number of hydrogen-bond acceptors (Lipinski definition) is 7. The first-order valence-corrected chi connectivity index (χ1v) is 11.8. The summed E-state index contributed by atoms with van der Waals surface area (Å²) < 4.78 is 0. The van der Waals surface area contributed by atoms with Gasteiger partial charge in [-0.3, -0.25) is 0 Å². The third kappa shape index (κ3) is 5.10. The number of rotatable bonds is 7. The third-order valence-electron chi connectivity index (χ3n) is 6.50. The van der Waals surface area contributed by atoms with Crippen molar-refractivity contribution in [2.24, 2.45) is 11.8 Å². The van der Waals surface area contributed by atoms with Gasteiger partial charge in [0.2, 0.25) is 5.95 Å². The Bertz CT molecular complexity index is 989. The molecule has 0 bridgehead atoms. The number of anilines is 2. The van der Waals surface area contributed by atoms with Crippen LogP contribution in [-0.2, 0) is 0 Å². The van der Waals surface area contributed by atoms with E-state index in [4.69, 9.17) is 23.2 Å². The maximum absolute atomic E-state index is 9.52. The smallest absolute Gasteiger partial charge is 0.227 e. The van der Waals surface area contributed by atoms with E-state index in [2.05, 4.69) is 31.2 Å². The Morgan fingerprint density at radius 1 is 1.28 bits per heavy atom. The maximum atomic E-state index is 9.52. The van der Waals surface area contributed by atoms with Crippen LogP contribution in [-0.4, -0.2) is 59.3 Å². The summed E-state index contributed by atoms with van der Waals surface area (Å²) in [5.41, 5.74) is 1.28. The Balaban J connectivity index is 1.42. The average Bonchev–Trinajstić information content (AvgIpc) is 2.73. The molecule has 2 saturated heterocycles. The number of aliphatic hydroxyl groups is 1. The Morgan fingerprint density at radius 2 is 2.09 bits per heavy atom. The van der Waals surface area contributed by atoms with E-state index >= 15 is 0 Å². The lowest BCUT2D eigenvalue weighted by Gasteiger charge is -2.46. The lowest BCUT2D eigenvalue weighted by molar-refractivity contribution is 0.101. The van der Waals surface area contributed by atoms with Crippen LogP contribution in [0.3, 0.4) is 0 Å². The van der Waals surface area contributed by atoms with Crippen molar-refractivity contribution in [3.63, 3.8) is 0 Å². The molecule has 0 saturated carbocycles. The van der Waals surface area contributed by atoms with Crippen molar-refractivity contribution >= 4 is 35.0 Å². The van der Waals surface area contributed by atoms with E-state index in [9.17, 15) is 10.4 Å². The number of benzene rings is 1. The summed E-state index contributed by atoms with van der Waals surface area (Å²) in [7, 11) is 0. The summed E-state index contributed by atoms with van der Waals surface area (Å²) in [6.45, 7) is 6.92. The molecule has 170 valence electrons. The molecule has 2 aliphatic heterocycles. The maximum Gasteiger partial charge on any atom is 0.227 e. The predicted octanol–water partition coefficient (Wildman–Crippen LogP) is 3.97. The molecular weight excluding hydrogens is 447 g/mol.